The zero-order valence-corrected chi connectivity index (χ0v) is 10.6. The Balaban J connectivity index is 2.70. The van der Waals surface area contributed by atoms with Crippen molar-refractivity contribution in [1.82, 2.24) is 5.32 Å². The van der Waals surface area contributed by atoms with Gasteiger partial charge in [0.05, 0.1) is 19.8 Å². The fourth-order valence-electron chi connectivity index (χ4n) is 2.23. The van der Waals surface area contributed by atoms with Gasteiger partial charge in [-0.2, -0.15) is 0 Å². The molecule has 17 heavy (non-hydrogen) atoms. The van der Waals surface area contributed by atoms with Crippen LogP contribution in [-0.2, 0) is 5.41 Å². The molecule has 1 heterocycles. The second-order valence-electron chi connectivity index (χ2n) is 4.82. The number of hydrogen-bond acceptors (Lipinski definition) is 3. The molecule has 0 aromatic heterocycles. The standard InChI is InChI=1S/C13H17NO3/c1-13(2)7-14-12(15)9-5-8(16-3)6-10(17-4)11(9)13/h5-6H,7H2,1-4H3,(H,14,15). The topological polar surface area (TPSA) is 47.6 Å². The second-order valence-corrected chi connectivity index (χ2v) is 4.82. The number of benzene rings is 1. The highest BCUT2D eigenvalue weighted by atomic mass is 16.5. The van der Waals surface area contributed by atoms with E-state index in [-0.39, 0.29) is 11.3 Å². The van der Waals surface area contributed by atoms with Crippen LogP contribution in [0.25, 0.3) is 0 Å². The molecule has 1 aromatic carbocycles. The van der Waals surface area contributed by atoms with Crippen LogP contribution >= 0.6 is 0 Å². The summed E-state index contributed by atoms with van der Waals surface area (Å²) in [6.45, 7) is 4.78. The molecule has 0 unspecified atom stereocenters. The first-order valence-electron chi connectivity index (χ1n) is 5.54. The van der Waals surface area contributed by atoms with Crippen molar-refractivity contribution < 1.29 is 14.3 Å². The summed E-state index contributed by atoms with van der Waals surface area (Å²) in [6, 6.07) is 3.58. The number of amides is 1. The van der Waals surface area contributed by atoms with E-state index in [2.05, 4.69) is 19.2 Å². The molecule has 0 saturated carbocycles. The second kappa shape index (κ2) is 3.95. The van der Waals surface area contributed by atoms with Gasteiger partial charge in [0, 0.05) is 23.6 Å². The number of methoxy groups -OCH3 is 2. The number of hydrogen-bond donors (Lipinski definition) is 1. The van der Waals surface area contributed by atoms with Gasteiger partial charge in [-0.1, -0.05) is 13.8 Å². The number of carbonyl (C=O) groups is 1. The Morgan fingerprint density at radius 3 is 2.53 bits per heavy atom. The van der Waals surface area contributed by atoms with Crippen LogP contribution in [0.2, 0.25) is 0 Å². The summed E-state index contributed by atoms with van der Waals surface area (Å²) in [5.41, 5.74) is 1.45. The molecule has 1 aliphatic heterocycles. The van der Waals surface area contributed by atoms with Gasteiger partial charge >= 0.3 is 0 Å². The van der Waals surface area contributed by atoms with E-state index >= 15 is 0 Å². The van der Waals surface area contributed by atoms with Gasteiger partial charge < -0.3 is 14.8 Å². The van der Waals surface area contributed by atoms with Crippen LogP contribution in [0.5, 0.6) is 11.5 Å². The Hall–Kier alpha value is -1.71. The third kappa shape index (κ3) is 1.84. The smallest absolute Gasteiger partial charge is 0.251 e. The normalized spacial score (nSPS) is 17.1. The van der Waals surface area contributed by atoms with Crippen molar-refractivity contribution in [2.45, 2.75) is 19.3 Å². The van der Waals surface area contributed by atoms with E-state index in [1.807, 2.05) is 6.07 Å². The Kier molecular flexibility index (Phi) is 2.73. The summed E-state index contributed by atoms with van der Waals surface area (Å²) >= 11 is 0. The maximum Gasteiger partial charge on any atom is 0.251 e. The first-order chi connectivity index (χ1) is 7.99. The van der Waals surface area contributed by atoms with Gasteiger partial charge in [-0.15, -0.1) is 0 Å². The molecular weight excluding hydrogens is 218 g/mol. The minimum absolute atomic E-state index is 0.0727. The zero-order chi connectivity index (χ0) is 12.6. The average Bonchev–Trinajstić information content (AvgIpc) is 2.32. The van der Waals surface area contributed by atoms with Crippen molar-refractivity contribution in [3.05, 3.63) is 23.3 Å². The molecule has 1 aromatic rings. The number of rotatable bonds is 2. The maximum atomic E-state index is 11.9. The molecule has 0 saturated heterocycles. The van der Waals surface area contributed by atoms with Crippen molar-refractivity contribution in [1.29, 1.82) is 0 Å². The predicted molar refractivity (Wildman–Crippen MR) is 64.9 cm³/mol. The number of ether oxygens (including phenoxy) is 2. The Morgan fingerprint density at radius 1 is 1.24 bits per heavy atom. The zero-order valence-electron chi connectivity index (χ0n) is 10.6. The summed E-state index contributed by atoms with van der Waals surface area (Å²) in [5.74, 6) is 1.27. The molecule has 1 aliphatic rings. The summed E-state index contributed by atoms with van der Waals surface area (Å²) in [5, 5.41) is 2.88. The van der Waals surface area contributed by atoms with E-state index in [1.54, 1.807) is 20.3 Å². The predicted octanol–water partition coefficient (Wildman–Crippen LogP) is 1.72. The molecular formula is C13H17NO3. The van der Waals surface area contributed by atoms with Gasteiger partial charge in [0.1, 0.15) is 11.5 Å². The fourth-order valence-corrected chi connectivity index (χ4v) is 2.23. The fraction of sp³-hybridized carbons (Fsp3) is 0.462. The van der Waals surface area contributed by atoms with Crippen LogP contribution in [0.15, 0.2) is 12.1 Å². The van der Waals surface area contributed by atoms with Gasteiger partial charge in [-0.3, -0.25) is 4.79 Å². The van der Waals surface area contributed by atoms with Crippen molar-refractivity contribution in [3.63, 3.8) is 0 Å². The van der Waals surface area contributed by atoms with Crippen molar-refractivity contribution in [2.24, 2.45) is 0 Å². The minimum Gasteiger partial charge on any atom is -0.497 e. The minimum atomic E-state index is -0.138. The number of fused-ring (bicyclic) bond motifs is 1. The van der Waals surface area contributed by atoms with Crippen LogP contribution in [0.1, 0.15) is 29.8 Å². The third-order valence-electron chi connectivity index (χ3n) is 3.14. The third-order valence-corrected chi connectivity index (χ3v) is 3.14. The van der Waals surface area contributed by atoms with Crippen LogP contribution in [0, 0.1) is 0 Å². The molecule has 92 valence electrons. The molecule has 4 nitrogen and oxygen atoms in total. The summed E-state index contributed by atoms with van der Waals surface area (Å²) in [4.78, 5) is 11.9. The largest absolute Gasteiger partial charge is 0.497 e. The van der Waals surface area contributed by atoms with Crippen LogP contribution in [0.4, 0.5) is 0 Å². The summed E-state index contributed by atoms with van der Waals surface area (Å²) < 4.78 is 10.6. The van der Waals surface area contributed by atoms with Crippen LogP contribution in [0.3, 0.4) is 0 Å². The molecule has 0 bridgehead atoms. The van der Waals surface area contributed by atoms with Gasteiger partial charge in [-0.05, 0) is 6.07 Å². The molecule has 0 spiro atoms. The Labute approximate surface area is 101 Å². The van der Waals surface area contributed by atoms with Gasteiger partial charge in [0.2, 0.25) is 0 Å². The molecule has 0 atom stereocenters. The van der Waals surface area contributed by atoms with E-state index < -0.39 is 0 Å². The Morgan fingerprint density at radius 2 is 1.94 bits per heavy atom. The highest BCUT2D eigenvalue weighted by molar-refractivity contribution is 5.98. The quantitative estimate of drug-likeness (QED) is 0.849. The van der Waals surface area contributed by atoms with Crippen molar-refractivity contribution in [3.8, 4) is 11.5 Å². The van der Waals surface area contributed by atoms with E-state index in [0.29, 0.717) is 23.6 Å². The van der Waals surface area contributed by atoms with Crippen LogP contribution < -0.4 is 14.8 Å². The molecule has 1 amide bonds. The lowest BCUT2D eigenvalue weighted by atomic mass is 9.78. The molecule has 0 fully saturated rings. The molecule has 0 aliphatic carbocycles. The van der Waals surface area contributed by atoms with Crippen molar-refractivity contribution in [2.75, 3.05) is 20.8 Å². The highest BCUT2D eigenvalue weighted by Gasteiger charge is 2.35. The van der Waals surface area contributed by atoms with E-state index in [0.717, 1.165) is 5.56 Å². The molecule has 2 rings (SSSR count). The average molecular weight is 235 g/mol. The number of nitrogens with one attached hydrogen (secondary N) is 1. The van der Waals surface area contributed by atoms with Crippen LogP contribution in [-0.4, -0.2) is 26.7 Å². The first-order valence-corrected chi connectivity index (χ1v) is 5.54. The lowest BCUT2D eigenvalue weighted by molar-refractivity contribution is 0.0928. The SMILES string of the molecule is COc1cc(OC)c2c(c1)C(=O)NCC2(C)C. The molecule has 4 heteroatoms. The first kappa shape index (κ1) is 11.8. The lowest BCUT2D eigenvalue weighted by Gasteiger charge is -2.33. The van der Waals surface area contributed by atoms with Gasteiger partial charge in [-0.25, -0.2) is 0 Å². The van der Waals surface area contributed by atoms with E-state index in [4.69, 9.17) is 9.47 Å². The highest BCUT2D eigenvalue weighted by Crippen LogP contribution is 2.39. The maximum absolute atomic E-state index is 11.9. The van der Waals surface area contributed by atoms with E-state index in [9.17, 15) is 4.79 Å². The lowest BCUT2D eigenvalue weighted by Crippen LogP contribution is -2.43. The summed E-state index contributed by atoms with van der Waals surface area (Å²) in [7, 11) is 3.19. The van der Waals surface area contributed by atoms with Crippen molar-refractivity contribution >= 4 is 5.91 Å². The van der Waals surface area contributed by atoms with Gasteiger partial charge in [0.25, 0.3) is 5.91 Å². The monoisotopic (exact) mass is 235 g/mol. The molecule has 1 N–H and O–H groups in total. The summed E-state index contributed by atoms with van der Waals surface area (Å²) in [6.07, 6.45) is 0. The van der Waals surface area contributed by atoms with E-state index in [1.165, 1.54) is 0 Å². The van der Waals surface area contributed by atoms with Gasteiger partial charge in [0.15, 0.2) is 0 Å². The molecule has 0 radical (unpaired) electrons. The number of carbonyl (C=O) groups excluding carboxylic acids is 1. The Bertz CT molecular complexity index is 466.